The molecule has 2 aromatic carbocycles. The summed E-state index contributed by atoms with van der Waals surface area (Å²) >= 11 is 0. The topological polar surface area (TPSA) is 12.9 Å². The molecule has 0 spiro atoms. The quantitative estimate of drug-likeness (QED) is 0.443. The highest BCUT2D eigenvalue weighted by molar-refractivity contribution is 6.91. The van der Waals surface area contributed by atoms with E-state index in [0.29, 0.717) is 5.92 Å². The van der Waals surface area contributed by atoms with Gasteiger partial charge >= 0.3 is 0 Å². The lowest BCUT2D eigenvalue weighted by atomic mass is 9.93. The molecule has 3 rings (SSSR count). The predicted molar refractivity (Wildman–Crippen MR) is 118 cm³/mol. The van der Waals surface area contributed by atoms with Crippen LogP contribution in [-0.4, -0.2) is 13.1 Å². The predicted octanol–water partition coefficient (Wildman–Crippen LogP) is 6.74. The lowest BCUT2D eigenvalue weighted by Gasteiger charge is -2.29. The van der Waals surface area contributed by atoms with Crippen molar-refractivity contribution in [2.45, 2.75) is 58.7 Å². The molecule has 136 valence electrons. The fraction of sp³-hybridized carbons (Fsp3) is 0.375. The van der Waals surface area contributed by atoms with E-state index >= 15 is 0 Å². The number of benzene rings is 2. The second-order valence-electron chi connectivity index (χ2n) is 7.71. The number of rotatable bonds is 6. The van der Waals surface area contributed by atoms with Gasteiger partial charge in [-0.1, -0.05) is 82.2 Å². The van der Waals surface area contributed by atoms with Crippen molar-refractivity contribution in [3.8, 4) is 11.3 Å². The van der Waals surface area contributed by atoms with Crippen LogP contribution in [0.3, 0.4) is 0 Å². The van der Waals surface area contributed by atoms with Crippen LogP contribution in [0.4, 0.5) is 0 Å². The number of pyridine rings is 1. The highest BCUT2D eigenvalue weighted by Gasteiger charge is 2.29. The van der Waals surface area contributed by atoms with Crippen LogP contribution in [0, 0.1) is 0 Å². The highest BCUT2D eigenvalue weighted by Crippen LogP contribution is 2.31. The molecule has 1 nitrogen and oxygen atoms in total. The van der Waals surface area contributed by atoms with E-state index in [1.54, 1.807) is 5.19 Å². The largest absolute Gasteiger partial charge is 0.256 e. The van der Waals surface area contributed by atoms with Crippen molar-refractivity contribution in [3.63, 3.8) is 0 Å². The van der Waals surface area contributed by atoms with Gasteiger partial charge in [-0.25, -0.2) is 0 Å². The number of nitrogens with zero attached hydrogens (tertiary/aromatic N) is 1. The molecule has 0 atom stereocenters. The van der Waals surface area contributed by atoms with Gasteiger partial charge < -0.3 is 0 Å². The monoisotopic (exact) mass is 361 g/mol. The molecule has 0 fully saturated rings. The average Bonchev–Trinajstić information content (AvgIpc) is 2.69. The van der Waals surface area contributed by atoms with Gasteiger partial charge in [-0.05, 0) is 46.5 Å². The van der Waals surface area contributed by atoms with Crippen LogP contribution in [0.2, 0.25) is 18.1 Å². The maximum Gasteiger partial charge on any atom is 0.0860 e. The van der Waals surface area contributed by atoms with Crippen LogP contribution < -0.4 is 5.19 Å². The van der Waals surface area contributed by atoms with E-state index in [0.717, 1.165) is 5.69 Å². The van der Waals surface area contributed by atoms with Crippen LogP contribution in [-0.2, 0) is 0 Å². The molecule has 1 aromatic heterocycles. The highest BCUT2D eigenvalue weighted by atomic mass is 28.3. The van der Waals surface area contributed by atoms with Gasteiger partial charge in [0, 0.05) is 11.8 Å². The standard InChI is InChI=1S/C24H31NSi/c1-6-26(7-2,8-3)21-13-14-25-24(17-21)20-15-19-11-9-10-12-22(19)23(16-20)18(4)5/h9-18H,6-8H2,1-5H3. The Morgan fingerprint density at radius 3 is 2.23 bits per heavy atom. The van der Waals surface area contributed by atoms with E-state index < -0.39 is 8.07 Å². The minimum Gasteiger partial charge on any atom is -0.256 e. The molecule has 0 aliphatic rings. The van der Waals surface area contributed by atoms with Gasteiger partial charge in [0.15, 0.2) is 0 Å². The maximum atomic E-state index is 4.76. The Kier molecular flexibility index (Phi) is 5.62. The molecule has 0 bridgehead atoms. The Labute approximate surface area is 159 Å². The summed E-state index contributed by atoms with van der Waals surface area (Å²) in [5.41, 5.74) is 3.79. The number of fused-ring (bicyclic) bond motifs is 1. The molecule has 3 aromatic rings. The summed E-state index contributed by atoms with van der Waals surface area (Å²) in [7, 11) is -1.39. The first-order valence-corrected chi connectivity index (χ1v) is 12.7. The second kappa shape index (κ2) is 7.75. The molecule has 0 unspecified atom stereocenters. The molecule has 0 amide bonds. The minimum atomic E-state index is -1.39. The summed E-state index contributed by atoms with van der Waals surface area (Å²) < 4.78 is 0. The van der Waals surface area contributed by atoms with Gasteiger partial charge in [0.25, 0.3) is 0 Å². The Morgan fingerprint density at radius 2 is 1.58 bits per heavy atom. The van der Waals surface area contributed by atoms with E-state index in [9.17, 15) is 0 Å². The Hall–Kier alpha value is -1.93. The van der Waals surface area contributed by atoms with Gasteiger partial charge in [0.1, 0.15) is 0 Å². The van der Waals surface area contributed by atoms with E-state index in [1.807, 2.05) is 6.20 Å². The summed E-state index contributed by atoms with van der Waals surface area (Å²) in [6.07, 6.45) is 2.03. The number of hydrogen-bond acceptors (Lipinski definition) is 1. The summed E-state index contributed by atoms with van der Waals surface area (Å²) in [6, 6.07) is 22.0. The van der Waals surface area contributed by atoms with Crippen molar-refractivity contribution in [2.24, 2.45) is 0 Å². The van der Waals surface area contributed by atoms with Crippen molar-refractivity contribution >= 4 is 24.0 Å². The lowest BCUT2D eigenvalue weighted by Crippen LogP contribution is -2.45. The zero-order chi connectivity index (χ0) is 18.7. The van der Waals surface area contributed by atoms with Crippen molar-refractivity contribution in [1.82, 2.24) is 4.98 Å². The summed E-state index contributed by atoms with van der Waals surface area (Å²) in [4.78, 5) is 4.76. The van der Waals surface area contributed by atoms with Gasteiger partial charge in [0.2, 0.25) is 0 Å². The number of aromatic nitrogens is 1. The van der Waals surface area contributed by atoms with Crippen LogP contribution in [0.1, 0.15) is 46.1 Å². The molecule has 26 heavy (non-hydrogen) atoms. The van der Waals surface area contributed by atoms with Gasteiger partial charge in [0.05, 0.1) is 13.8 Å². The first-order chi connectivity index (χ1) is 12.5. The minimum absolute atomic E-state index is 0.499. The number of hydrogen-bond donors (Lipinski definition) is 0. The van der Waals surface area contributed by atoms with Gasteiger partial charge in [-0.2, -0.15) is 0 Å². The van der Waals surface area contributed by atoms with Crippen molar-refractivity contribution < 1.29 is 0 Å². The van der Waals surface area contributed by atoms with Gasteiger partial charge in [-0.3, -0.25) is 4.98 Å². The molecular formula is C24H31NSi. The van der Waals surface area contributed by atoms with Crippen LogP contribution in [0.25, 0.3) is 22.0 Å². The molecule has 0 radical (unpaired) electrons. The Bertz CT molecular complexity index is 885. The molecule has 2 heteroatoms. The smallest absolute Gasteiger partial charge is 0.0860 e. The summed E-state index contributed by atoms with van der Waals surface area (Å²) in [5, 5.41) is 4.24. The van der Waals surface area contributed by atoms with Crippen LogP contribution >= 0.6 is 0 Å². The average molecular weight is 362 g/mol. The first-order valence-electron chi connectivity index (χ1n) is 10.0. The van der Waals surface area contributed by atoms with E-state index in [-0.39, 0.29) is 0 Å². The normalized spacial score (nSPS) is 12.1. The lowest BCUT2D eigenvalue weighted by molar-refractivity contribution is 0.876. The third kappa shape index (κ3) is 3.35. The van der Waals surface area contributed by atoms with Crippen molar-refractivity contribution in [1.29, 1.82) is 0 Å². The molecule has 0 saturated heterocycles. The molecule has 0 aliphatic heterocycles. The maximum absolute atomic E-state index is 4.76. The molecule has 0 N–H and O–H groups in total. The second-order valence-corrected chi connectivity index (χ2v) is 13.0. The fourth-order valence-corrected chi connectivity index (χ4v) is 7.84. The van der Waals surface area contributed by atoms with Crippen molar-refractivity contribution in [3.05, 3.63) is 60.3 Å². The summed E-state index contributed by atoms with van der Waals surface area (Å²) in [5.74, 6) is 0.499. The van der Waals surface area contributed by atoms with E-state index in [4.69, 9.17) is 4.98 Å². The van der Waals surface area contributed by atoms with Crippen LogP contribution in [0.15, 0.2) is 54.7 Å². The summed E-state index contributed by atoms with van der Waals surface area (Å²) in [6.45, 7) is 11.7. The van der Waals surface area contributed by atoms with E-state index in [1.165, 1.54) is 40.0 Å². The van der Waals surface area contributed by atoms with Gasteiger partial charge in [-0.15, -0.1) is 0 Å². The first kappa shape index (κ1) is 18.8. The van der Waals surface area contributed by atoms with E-state index in [2.05, 4.69) is 83.1 Å². The zero-order valence-electron chi connectivity index (χ0n) is 16.8. The third-order valence-corrected chi connectivity index (χ3v) is 11.8. The third-order valence-electron chi connectivity index (χ3n) is 6.21. The SMILES string of the molecule is CC[Si](CC)(CC)c1ccnc(-c2cc(C(C)C)c3ccccc3c2)c1. The van der Waals surface area contributed by atoms with Crippen LogP contribution in [0.5, 0.6) is 0 Å². The Morgan fingerprint density at radius 1 is 0.885 bits per heavy atom. The molecule has 0 aliphatic carbocycles. The zero-order valence-corrected chi connectivity index (χ0v) is 17.8. The van der Waals surface area contributed by atoms with Crippen molar-refractivity contribution in [2.75, 3.05) is 0 Å². The molecular weight excluding hydrogens is 330 g/mol. The molecule has 1 heterocycles. The Balaban J connectivity index is 2.17. The molecule has 0 saturated carbocycles. The fourth-order valence-electron chi connectivity index (χ4n) is 4.25.